The van der Waals surface area contributed by atoms with Crippen LogP contribution in [-0.4, -0.2) is 47.6 Å². The summed E-state index contributed by atoms with van der Waals surface area (Å²) in [5.41, 5.74) is 0. The lowest BCUT2D eigenvalue weighted by molar-refractivity contribution is -0.141. The van der Waals surface area contributed by atoms with Gasteiger partial charge in [0, 0.05) is 12.6 Å². The Labute approximate surface area is 89.4 Å². The molecule has 0 unspecified atom stereocenters. The summed E-state index contributed by atoms with van der Waals surface area (Å²) in [4.78, 5) is 24.0. The predicted octanol–water partition coefficient (Wildman–Crippen LogP) is -0.0825. The lowest BCUT2D eigenvalue weighted by atomic mass is 10.1. The van der Waals surface area contributed by atoms with Gasteiger partial charge in [0.05, 0.1) is 12.5 Å². The number of hydrogen-bond acceptors (Lipinski definition) is 3. The Hall–Kier alpha value is -1.10. The molecule has 86 valence electrons. The maximum absolute atomic E-state index is 11.4. The van der Waals surface area contributed by atoms with Crippen molar-refractivity contribution >= 4 is 11.9 Å². The van der Waals surface area contributed by atoms with E-state index in [0.29, 0.717) is 26.1 Å². The molecule has 1 rings (SSSR count). The van der Waals surface area contributed by atoms with E-state index in [1.165, 1.54) is 0 Å². The molecule has 1 aliphatic heterocycles. The van der Waals surface area contributed by atoms with Crippen molar-refractivity contribution in [3.8, 4) is 0 Å². The first-order chi connectivity index (χ1) is 6.99. The average Bonchev–Trinajstić information content (AvgIpc) is 2.50. The highest BCUT2D eigenvalue weighted by Gasteiger charge is 2.28. The van der Waals surface area contributed by atoms with Crippen molar-refractivity contribution in [1.82, 2.24) is 10.2 Å². The lowest BCUT2D eigenvalue weighted by Crippen LogP contribution is -2.39. The maximum Gasteiger partial charge on any atom is 0.307 e. The molecule has 1 amide bonds. The third kappa shape index (κ3) is 3.87. The highest BCUT2D eigenvalue weighted by atomic mass is 16.4. The van der Waals surface area contributed by atoms with Crippen molar-refractivity contribution in [2.75, 3.05) is 19.6 Å². The molecule has 1 heterocycles. The van der Waals surface area contributed by atoms with Crippen LogP contribution in [-0.2, 0) is 9.59 Å². The molecule has 0 saturated carbocycles. The number of nitrogens with one attached hydrogen (secondary N) is 1. The number of rotatable bonds is 4. The minimum Gasteiger partial charge on any atom is -0.481 e. The van der Waals surface area contributed by atoms with Gasteiger partial charge in [-0.1, -0.05) is 0 Å². The number of amides is 1. The van der Waals surface area contributed by atoms with Gasteiger partial charge in [-0.15, -0.1) is 0 Å². The zero-order valence-corrected chi connectivity index (χ0v) is 9.19. The van der Waals surface area contributed by atoms with Crippen LogP contribution in [0.2, 0.25) is 0 Å². The van der Waals surface area contributed by atoms with Crippen molar-refractivity contribution in [1.29, 1.82) is 0 Å². The summed E-state index contributed by atoms with van der Waals surface area (Å²) < 4.78 is 0. The first-order valence-electron chi connectivity index (χ1n) is 5.23. The van der Waals surface area contributed by atoms with Gasteiger partial charge >= 0.3 is 5.97 Å². The maximum atomic E-state index is 11.4. The Morgan fingerprint density at radius 1 is 1.53 bits per heavy atom. The minimum atomic E-state index is -0.762. The largest absolute Gasteiger partial charge is 0.481 e. The molecule has 0 radical (unpaired) electrons. The summed E-state index contributed by atoms with van der Waals surface area (Å²) in [6.07, 6.45) is 0.643. The van der Waals surface area contributed by atoms with Crippen LogP contribution < -0.4 is 5.32 Å². The molecule has 0 aromatic carbocycles. The second kappa shape index (κ2) is 5.11. The van der Waals surface area contributed by atoms with Gasteiger partial charge in [0.25, 0.3) is 0 Å². The van der Waals surface area contributed by atoms with Gasteiger partial charge in [-0.2, -0.15) is 0 Å². The minimum absolute atomic E-state index is 0.0314. The molecule has 0 aromatic heterocycles. The van der Waals surface area contributed by atoms with Crippen LogP contribution in [0.15, 0.2) is 0 Å². The monoisotopic (exact) mass is 214 g/mol. The third-order valence-corrected chi connectivity index (χ3v) is 2.44. The quantitative estimate of drug-likeness (QED) is 0.686. The topological polar surface area (TPSA) is 69.6 Å². The van der Waals surface area contributed by atoms with Gasteiger partial charge in [0.15, 0.2) is 0 Å². The molecule has 1 aliphatic rings. The molecule has 1 atom stereocenters. The fraction of sp³-hybridized carbons (Fsp3) is 0.800. The Morgan fingerprint density at radius 3 is 2.67 bits per heavy atom. The number of carboxylic acid groups (broad SMARTS) is 1. The van der Waals surface area contributed by atoms with Crippen molar-refractivity contribution in [3.63, 3.8) is 0 Å². The summed E-state index contributed by atoms with van der Waals surface area (Å²) in [7, 11) is 0. The predicted molar refractivity (Wildman–Crippen MR) is 55.5 cm³/mol. The molecule has 5 heteroatoms. The Morgan fingerprint density at radius 2 is 2.20 bits per heavy atom. The van der Waals surface area contributed by atoms with Crippen molar-refractivity contribution in [3.05, 3.63) is 0 Å². The number of carboxylic acids is 1. The summed E-state index contributed by atoms with van der Waals surface area (Å²) >= 11 is 0. The Kier molecular flexibility index (Phi) is 4.08. The van der Waals surface area contributed by atoms with Crippen LogP contribution in [0.3, 0.4) is 0 Å². The molecular formula is C10H18N2O3. The van der Waals surface area contributed by atoms with E-state index in [4.69, 9.17) is 5.11 Å². The van der Waals surface area contributed by atoms with Gasteiger partial charge in [0.2, 0.25) is 5.91 Å². The number of carbonyl (C=O) groups is 2. The average molecular weight is 214 g/mol. The first kappa shape index (κ1) is 12.0. The standard InChI is InChI=1S/C10H18N2O3/c1-7(2)11-9(13)6-12-4-3-8(5-12)10(14)15/h7-8H,3-6H2,1-2H3,(H,11,13)(H,14,15)/t8-/m1/s1. The molecule has 15 heavy (non-hydrogen) atoms. The van der Waals surface area contributed by atoms with E-state index in [-0.39, 0.29) is 17.9 Å². The van der Waals surface area contributed by atoms with Gasteiger partial charge in [-0.25, -0.2) is 0 Å². The lowest BCUT2D eigenvalue weighted by Gasteiger charge is -2.16. The van der Waals surface area contributed by atoms with Gasteiger partial charge in [0.1, 0.15) is 0 Å². The fourth-order valence-electron chi connectivity index (χ4n) is 1.75. The third-order valence-electron chi connectivity index (χ3n) is 2.44. The molecule has 0 bridgehead atoms. The van der Waals surface area contributed by atoms with Crippen LogP contribution in [0.5, 0.6) is 0 Å². The van der Waals surface area contributed by atoms with Crippen molar-refractivity contribution in [2.45, 2.75) is 26.3 Å². The van der Waals surface area contributed by atoms with Crippen molar-refractivity contribution < 1.29 is 14.7 Å². The Balaban J connectivity index is 2.30. The smallest absolute Gasteiger partial charge is 0.307 e. The van der Waals surface area contributed by atoms with E-state index < -0.39 is 5.97 Å². The first-order valence-corrected chi connectivity index (χ1v) is 5.23. The van der Waals surface area contributed by atoms with E-state index in [9.17, 15) is 9.59 Å². The number of aliphatic carboxylic acids is 1. The van der Waals surface area contributed by atoms with Gasteiger partial charge in [-0.3, -0.25) is 14.5 Å². The summed E-state index contributed by atoms with van der Waals surface area (Å²) in [5.74, 6) is -1.10. The molecule has 0 aliphatic carbocycles. The SMILES string of the molecule is CC(C)NC(=O)CN1CC[C@@H](C(=O)O)C1. The van der Waals surface area contributed by atoms with E-state index in [2.05, 4.69) is 5.32 Å². The van der Waals surface area contributed by atoms with Gasteiger partial charge in [-0.05, 0) is 26.8 Å². The summed E-state index contributed by atoms with van der Waals surface area (Å²) in [6.45, 7) is 5.30. The van der Waals surface area contributed by atoms with Crippen LogP contribution in [0.1, 0.15) is 20.3 Å². The molecule has 0 spiro atoms. The second-order valence-corrected chi connectivity index (χ2v) is 4.28. The number of nitrogens with zero attached hydrogens (tertiary/aromatic N) is 1. The molecule has 1 fully saturated rings. The van der Waals surface area contributed by atoms with Crippen LogP contribution >= 0.6 is 0 Å². The zero-order chi connectivity index (χ0) is 11.4. The highest BCUT2D eigenvalue weighted by Crippen LogP contribution is 2.15. The van der Waals surface area contributed by atoms with E-state index in [1.54, 1.807) is 0 Å². The van der Waals surface area contributed by atoms with Crippen LogP contribution in [0, 0.1) is 5.92 Å². The summed E-state index contributed by atoms with van der Waals surface area (Å²) in [5, 5.41) is 11.6. The van der Waals surface area contributed by atoms with E-state index in [0.717, 1.165) is 0 Å². The van der Waals surface area contributed by atoms with Crippen LogP contribution in [0.25, 0.3) is 0 Å². The number of carbonyl (C=O) groups excluding carboxylic acids is 1. The summed E-state index contributed by atoms with van der Waals surface area (Å²) in [6, 6.07) is 0.135. The van der Waals surface area contributed by atoms with E-state index in [1.807, 2.05) is 18.7 Å². The molecule has 2 N–H and O–H groups in total. The molecule has 1 saturated heterocycles. The number of likely N-dealkylation sites (tertiary alicyclic amines) is 1. The second-order valence-electron chi connectivity index (χ2n) is 4.28. The normalized spacial score (nSPS) is 21.9. The molecular weight excluding hydrogens is 196 g/mol. The number of hydrogen-bond donors (Lipinski definition) is 2. The van der Waals surface area contributed by atoms with Crippen LogP contribution in [0.4, 0.5) is 0 Å². The zero-order valence-electron chi connectivity index (χ0n) is 9.19. The van der Waals surface area contributed by atoms with E-state index >= 15 is 0 Å². The highest BCUT2D eigenvalue weighted by molar-refractivity contribution is 5.78. The van der Waals surface area contributed by atoms with Gasteiger partial charge < -0.3 is 10.4 Å². The fourth-order valence-corrected chi connectivity index (χ4v) is 1.75. The van der Waals surface area contributed by atoms with Crippen molar-refractivity contribution in [2.24, 2.45) is 5.92 Å². The Bertz CT molecular complexity index is 253. The molecule has 0 aromatic rings. The molecule has 5 nitrogen and oxygen atoms in total.